The molecule has 0 aromatic heterocycles. The number of amides is 1. The van der Waals surface area contributed by atoms with E-state index in [0.29, 0.717) is 31.7 Å². The van der Waals surface area contributed by atoms with E-state index in [1.807, 2.05) is 18.2 Å². The number of carbonyl (C=O) groups is 2. The Hall–Kier alpha value is -2.04. The van der Waals surface area contributed by atoms with Crippen molar-refractivity contribution in [1.29, 1.82) is 0 Å². The Morgan fingerprint density at radius 3 is 2.76 bits per heavy atom. The van der Waals surface area contributed by atoms with E-state index in [0.717, 1.165) is 23.5 Å². The molecule has 0 fully saturated rings. The summed E-state index contributed by atoms with van der Waals surface area (Å²) < 4.78 is 10.6. The van der Waals surface area contributed by atoms with Crippen LogP contribution in [0.3, 0.4) is 0 Å². The van der Waals surface area contributed by atoms with E-state index in [1.54, 1.807) is 4.90 Å². The quantitative estimate of drug-likeness (QED) is 0.570. The number of hydrogen-bond acceptors (Lipinski definition) is 4. The molecule has 0 spiro atoms. The Morgan fingerprint density at radius 1 is 1.29 bits per heavy atom. The SMILES string of the molecule is CC(C)CCN(CCc1ccc2c(c1)OCO2)C(=O)C=O. The number of ether oxygens (including phenoxy) is 2. The van der Waals surface area contributed by atoms with Crippen LogP contribution in [0.2, 0.25) is 0 Å². The van der Waals surface area contributed by atoms with Crippen LogP contribution in [0.4, 0.5) is 0 Å². The molecule has 0 radical (unpaired) electrons. The molecular weight excluding hydrogens is 270 g/mol. The third kappa shape index (κ3) is 4.21. The van der Waals surface area contributed by atoms with E-state index < -0.39 is 5.91 Å². The molecular formula is C16H21NO4. The number of rotatable bonds is 7. The van der Waals surface area contributed by atoms with E-state index in [1.165, 1.54) is 0 Å². The van der Waals surface area contributed by atoms with Crippen LogP contribution in [-0.4, -0.2) is 37.0 Å². The summed E-state index contributed by atoms with van der Waals surface area (Å²) >= 11 is 0. The Kier molecular flexibility index (Phi) is 5.20. The first-order chi connectivity index (χ1) is 10.1. The zero-order chi connectivity index (χ0) is 15.2. The molecule has 0 saturated carbocycles. The molecule has 1 aliphatic heterocycles. The first-order valence-electron chi connectivity index (χ1n) is 7.22. The van der Waals surface area contributed by atoms with Crippen molar-refractivity contribution in [1.82, 2.24) is 4.90 Å². The van der Waals surface area contributed by atoms with Gasteiger partial charge in [0.1, 0.15) is 0 Å². The van der Waals surface area contributed by atoms with Gasteiger partial charge in [0.05, 0.1) is 0 Å². The minimum atomic E-state index is -0.448. The number of aldehydes is 1. The first kappa shape index (κ1) is 15.4. The lowest BCUT2D eigenvalue weighted by Gasteiger charge is -2.21. The topological polar surface area (TPSA) is 55.8 Å². The molecule has 5 heteroatoms. The summed E-state index contributed by atoms with van der Waals surface area (Å²) in [6, 6.07) is 5.76. The summed E-state index contributed by atoms with van der Waals surface area (Å²) in [5.74, 6) is 1.54. The summed E-state index contributed by atoms with van der Waals surface area (Å²) in [7, 11) is 0. The number of fused-ring (bicyclic) bond motifs is 1. The third-order valence-electron chi connectivity index (χ3n) is 3.50. The molecule has 0 bridgehead atoms. The van der Waals surface area contributed by atoms with Gasteiger partial charge < -0.3 is 14.4 Å². The molecule has 1 amide bonds. The van der Waals surface area contributed by atoms with Gasteiger partial charge in [0, 0.05) is 13.1 Å². The van der Waals surface area contributed by atoms with Gasteiger partial charge in [0.25, 0.3) is 5.91 Å². The Balaban J connectivity index is 1.94. The Bertz CT molecular complexity index is 513. The monoisotopic (exact) mass is 291 g/mol. The largest absolute Gasteiger partial charge is 0.454 e. The highest BCUT2D eigenvalue weighted by molar-refractivity contribution is 6.23. The van der Waals surface area contributed by atoms with Gasteiger partial charge in [-0.25, -0.2) is 0 Å². The Labute approximate surface area is 124 Å². The molecule has 0 atom stereocenters. The molecule has 1 aromatic rings. The summed E-state index contributed by atoms with van der Waals surface area (Å²) in [6.45, 7) is 5.59. The van der Waals surface area contributed by atoms with Gasteiger partial charge in [-0.05, 0) is 36.5 Å². The fourth-order valence-electron chi connectivity index (χ4n) is 2.18. The average molecular weight is 291 g/mol. The number of nitrogens with zero attached hydrogens (tertiary/aromatic N) is 1. The molecule has 5 nitrogen and oxygen atoms in total. The average Bonchev–Trinajstić information content (AvgIpc) is 2.93. The van der Waals surface area contributed by atoms with Gasteiger partial charge in [-0.3, -0.25) is 9.59 Å². The zero-order valence-corrected chi connectivity index (χ0v) is 12.5. The van der Waals surface area contributed by atoms with Crippen LogP contribution in [0, 0.1) is 5.92 Å². The van der Waals surface area contributed by atoms with Crippen LogP contribution in [0.25, 0.3) is 0 Å². The molecule has 0 N–H and O–H groups in total. The number of carbonyl (C=O) groups excluding carboxylic acids is 2. The minimum absolute atomic E-state index is 0.253. The van der Waals surface area contributed by atoms with E-state index in [9.17, 15) is 9.59 Å². The molecule has 1 aliphatic rings. The highest BCUT2D eigenvalue weighted by Gasteiger charge is 2.15. The van der Waals surface area contributed by atoms with Gasteiger partial charge in [-0.15, -0.1) is 0 Å². The van der Waals surface area contributed by atoms with Gasteiger partial charge in [-0.1, -0.05) is 19.9 Å². The van der Waals surface area contributed by atoms with Crippen molar-refractivity contribution < 1.29 is 19.1 Å². The fourth-order valence-corrected chi connectivity index (χ4v) is 2.18. The zero-order valence-electron chi connectivity index (χ0n) is 12.5. The van der Waals surface area contributed by atoms with Crippen molar-refractivity contribution >= 4 is 12.2 Å². The summed E-state index contributed by atoms with van der Waals surface area (Å²) in [4.78, 5) is 24.0. The smallest absolute Gasteiger partial charge is 0.286 e. The van der Waals surface area contributed by atoms with Gasteiger partial charge >= 0.3 is 0 Å². The van der Waals surface area contributed by atoms with Crippen LogP contribution in [0.15, 0.2) is 18.2 Å². The Morgan fingerprint density at radius 2 is 2.05 bits per heavy atom. The normalized spacial score (nSPS) is 12.5. The lowest BCUT2D eigenvalue weighted by atomic mass is 10.1. The van der Waals surface area contributed by atoms with Crippen LogP contribution < -0.4 is 9.47 Å². The lowest BCUT2D eigenvalue weighted by molar-refractivity contribution is -0.138. The molecule has 1 aromatic carbocycles. The number of benzene rings is 1. The second-order valence-corrected chi connectivity index (χ2v) is 5.56. The van der Waals surface area contributed by atoms with E-state index >= 15 is 0 Å². The van der Waals surface area contributed by atoms with Crippen LogP contribution in [0.1, 0.15) is 25.8 Å². The van der Waals surface area contributed by atoms with Crippen molar-refractivity contribution in [2.75, 3.05) is 19.9 Å². The maximum absolute atomic E-state index is 11.6. The molecule has 1 heterocycles. The minimum Gasteiger partial charge on any atom is -0.454 e. The maximum atomic E-state index is 11.6. The second kappa shape index (κ2) is 7.11. The predicted octanol–water partition coefficient (Wildman–Crippen LogP) is 2.03. The van der Waals surface area contributed by atoms with Crippen molar-refractivity contribution in [3.05, 3.63) is 23.8 Å². The van der Waals surface area contributed by atoms with Gasteiger partial charge in [-0.2, -0.15) is 0 Å². The maximum Gasteiger partial charge on any atom is 0.286 e. The van der Waals surface area contributed by atoms with Crippen LogP contribution >= 0.6 is 0 Å². The van der Waals surface area contributed by atoms with E-state index in [4.69, 9.17) is 9.47 Å². The summed E-state index contributed by atoms with van der Waals surface area (Å²) in [6.07, 6.45) is 1.97. The highest BCUT2D eigenvalue weighted by atomic mass is 16.7. The molecule has 2 rings (SSSR count). The molecule has 0 aliphatic carbocycles. The highest BCUT2D eigenvalue weighted by Crippen LogP contribution is 2.32. The van der Waals surface area contributed by atoms with Crippen molar-refractivity contribution in [3.63, 3.8) is 0 Å². The first-order valence-corrected chi connectivity index (χ1v) is 7.22. The van der Waals surface area contributed by atoms with Crippen molar-refractivity contribution in [2.24, 2.45) is 5.92 Å². The molecule has 0 unspecified atom stereocenters. The van der Waals surface area contributed by atoms with Crippen molar-refractivity contribution in [2.45, 2.75) is 26.7 Å². The lowest BCUT2D eigenvalue weighted by Crippen LogP contribution is -2.35. The second-order valence-electron chi connectivity index (χ2n) is 5.56. The van der Waals surface area contributed by atoms with E-state index in [-0.39, 0.29) is 6.79 Å². The van der Waals surface area contributed by atoms with E-state index in [2.05, 4.69) is 13.8 Å². The fraction of sp³-hybridized carbons (Fsp3) is 0.500. The summed E-state index contributed by atoms with van der Waals surface area (Å²) in [5, 5.41) is 0. The van der Waals surface area contributed by atoms with Gasteiger partial charge in [0.2, 0.25) is 13.1 Å². The molecule has 21 heavy (non-hydrogen) atoms. The predicted molar refractivity (Wildman–Crippen MR) is 78.4 cm³/mol. The van der Waals surface area contributed by atoms with Crippen LogP contribution in [-0.2, 0) is 16.0 Å². The van der Waals surface area contributed by atoms with Crippen molar-refractivity contribution in [3.8, 4) is 11.5 Å². The van der Waals surface area contributed by atoms with Gasteiger partial charge in [0.15, 0.2) is 11.5 Å². The number of hydrogen-bond donors (Lipinski definition) is 0. The molecule has 0 saturated heterocycles. The standard InChI is InChI=1S/C16H21NO4/c1-12(2)5-7-17(16(19)10-18)8-6-13-3-4-14-15(9-13)21-11-20-14/h3-4,9-10,12H,5-8,11H2,1-2H3. The molecule has 114 valence electrons. The third-order valence-corrected chi connectivity index (χ3v) is 3.50. The summed E-state index contributed by atoms with van der Waals surface area (Å²) in [5.41, 5.74) is 1.06. The van der Waals surface area contributed by atoms with Crippen LogP contribution in [0.5, 0.6) is 11.5 Å².